The van der Waals surface area contributed by atoms with Crippen molar-refractivity contribution in [3.63, 3.8) is 0 Å². The van der Waals surface area contributed by atoms with Crippen LogP contribution in [0.4, 0.5) is 0 Å². The van der Waals surface area contributed by atoms with E-state index in [2.05, 4.69) is 27.1 Å². The molecule has 9 aromatic rings. The zero-order valence-corrected chi connectivity index (χ0v) is 29.3. The van der Waals surface area contributed by atoms with Gasteiger partial charge in [0.15, 0.2) is 0 Å². The smallest absolute Gasteiger partial charge is 0.216 e. The van der Waals surface area contributed by atoms with Gasteiger partial charge in [-0.05, 0) is 100 Å². The van der Waals surface area contributed by atoms with Crippen molar-refractivity contribution >= 4 is 32.8 Å². The summed E-state index contributed by atoms with van der Waals surface area (Å²) in [4.78, 5) is 12.9. The molecule has 4 nitrogen and oxygen atoms in total. The van der Waals surface area contributed by atoms with Gasteiger partial charge in [0.1, 0.15) is 0 Å². The predicted molar refractivity (Wildman–Crippen MR) is 205 cm³/mol. The van der Waals surface area contributed by atoms with Crippen LogP contribution in [0.3, 0.4) is 0 Å². The molecule has 0 N–H and O–H groups in total. The fourth-order valence-electron chi connectivity index (χ4n) is 6.03. The molecule has 249 valence electrons. The topological polar surface area (TPSA) is 51.8 Å². The Balaban J connectivity index is 0.000000270. The first kappa shape index (κ1) is 24.4. The second-order valence-corrected chi connectivity index (χ2v) is 11.7. The van der Waals surface area contributed by atoms with E-state index in [1.54, 1.807) is 42.6 Å². The second kappa shape index (κ2) is 14.6. The van der Waals surface area contributed by atoms with Gasteiger partial charge in [0.2, 0.25) is 5.71 Å². The molecule has 0 fully saturated rings. The van der Waals surface area contributed by atoms with Gasteiger partial charge < -0.3 is 14.4 Å². The molecule has 0 unspecified atom stereocenters. The quantitative estimate of drug-likeness (QED) is 0.166. The average Bonchev–Trinajstić information content (AvgIpc) is 3.61. The van der Waals surface area contributed by atoms with Gasteiger partial charge in [0.25, 0.3) is 0 Å². The van der Waals surface area contributed by atoms with Crippen LogP contribution < -0.4 is 0 Å². The first-order chi connectivity index (χ1) is 28.1. The van der Waals surface area contributed by atoms with Gasteiger partial charge in [-0.15, -0.1) is 54.1 Å². The Labute approximate surface area is 323 Å². The number of nitrogens with zero attached hydrogens (tertiary/aromatic N) is 3. The molecule has 0 aliphatic carbocycles. The Hall–Kier alpha value is -5.74. The first-order valence-corrected chi connectivity index (χ1v) is 15.9. The van der Waals surface area contributed by atoms with Gasteiger partial charge in [0, 0.05) is 55.9 Å². The monoisotopic (exact) mass is 845 g/mol. The minimum atomic E-state index is -2.37. The Morgan fingerprint density at radius 1 is 0.627 bits per heavy atom. The number of furan rings is 1. The Morgan fingerprint density at radius 2 is 1.53 bits per heavy atom. The van der Waals surface area contributed by atoms with Gasteiger partial charge in [-0.2, -0.15) is 0 Å². The van der Waals surface area contributed by atoms with E-state index in [0.717, 1.165) is 33.2 Å². The second-order valence-electron chi connectivity index (χ2n) is 11.7. The Kier molecular flexibility index (Phi) is 7.00. The van der Waals surface area contributed by atoms with E-state index in [1.165, 1.54) is 12.3 Å². The van der Waals surface area contributed by atoms with Crippen LogP contribution >= 0.6 is 0 Å². The van der Waals surface area contributed by atoms with Crippen molar-refractivity contribution in [1.29, 1.82) is 0 Å². The molecule has 51 heavy (non-hydrogen) atoms. The molecular weight excluding hydrogens is 803 g/mol. The van der Waals surface area contributed by atoms with Crippen LogP contribution in [0, 0.1) is 32.7 Å². The van der Waals surface area contributed by atoms with Crippen LogP contribution in [-0.4, -0.2) is 15.0 Å². The van der Waals surface area contributed by atoms with Crippen molar-refractivity contribution in [1.82, 2.24) is 15.0 Å². The third kappa shape index (κ3) is 6.87. The third-order valence-corrected chi connectivity index (χ3v) is 8.50. The Bertz CT molecular complexity index is 2950. The van der Waals surface area contributed by atoms with E-state index < -0.39 is 20.6 Å². The molecule has 4 aromatic heterocycles. The molecular formula is C46H33IrN3O-2. The van der Waals surface area contributed by atoms with Crippen LogP contribution in [0.1, 0.15) is 29.2 Å². The molecule has 9 rings (SSSR count). The first-order valence-electron chi connectivity index (χ1n) is 20.4. The number of aromatic nitrogens is 3. The number of hydrogen-bond donors (Lipinski definition) is 0. The van der Waals surface area contributed by atoms with E-state index in [0.29, 0.717) is 38.7 Å². The van der Waals surface area contributed by atoms with Crippen LogP contribution in [0.25, 0.3) is 77.6 Å². The normalized spacial score (nSPS) is 14.2. The molecule has 4 heterocycles. The maximum Gasteiger partial charge on any atom is 0.216 e. The molecule has 0 aliphatic heterocycles. The van der Waals surface area contributed by atoms with Gasteiger partial charge >= 0.3 is 0 Å². The number of rotatable bonds is 4. The minimum absolute atomic E-state index is 0. The maximum atomic E-state index is 8.46. The molecule has 0 aliphatic rings. The molecule has 1 radical (unpaired) electrons. The van der Waals surface area contributed by atoms with Crippen molar-refractivity contribution in [2.75, 3.05) is 0 Å². The van der Waals surface area contributed by atoms with E-state index in [9.17, 15) is 0 Å². The standard InChI is InChI=1S/C34H23N2O.C12H10N.Ir/c1-21-11-14-30-29-9-6-10-31(33(29)37-34(30)36-21)32-20-26(17-18-35-32)28-16-13-25-19-24(12-15-27(25)22(28)2)23-7-4-3-5-8-23;1-10-7-8-12(13-9-10)11-5-3-2-4-6-11;/h3-9,11-20H,1-2H3;2-5,7-9H,1H3;/q2*-1;/i1D3,2D3;1D3;. The number of aryl methyl sites for hydroxylation is 3. The molecule has 5 heteroatoms. The number of fused-ring (bicyclic) bond motifs is 4. The molecule has 0 saturated heterocycles. The summed E-state index contributed by atoms with van der Waals surface area (Å²) in [6.07, 6.45) is 3.03. The molecule has 5 aromatic carbocycles. The zero-order chi connectivity index (χ0) is 41.5. The van der Waals surface area contributed by atoms with Crippen LogP contribution in [-0.2, 0) is 20.1 Å². The van der Waals surface area contributed by atoms with Gasteiger partial charge in [-0.25, -0.2) is 4.98 Å². The van der Waals surface area contributed by atoms with Gasteiger partial charge in [0.05, 0.1) is 5.58 Å². The third-order valence-electron chi connectivity index (χ3n) is 8.50. The van der Waals surface area contributed by atoms with Crippen molar-refractivity contribution in [3.8, 4) is 44.8 Å². The van der Waals surface area contributed by atoms with Gasteiger partial charge in [-0.3, -0.25) is 0 Å². The largest absolute Gasteiger partial charge is 0.486 e. The molecule has 0 atom stereocenters. The van der Waals surface area contributed by atoms with Crippen molar-refractivity contribution < 1.29 is 36.9 Å². The minimum Gasteiger partial charge on any atom is -0.486 e. The van der Waals surface area contributed by atoms with Crippen molar-refractivity contribution in [2.45, 2.75) is 20.6 Å². The summed E-state index contributed by atoms with van der Waals surface area (Å²) in [5, 5.41) is 2.94. The van der Waals surface area contributed by atoms with E-state index in [4.69, 9.17) is 16.8 Å². The summed E-state index contributed by atoms with van der Waals surface area (Å²) in [6.45, 7) is -6.82. The van der Waals surface area contributed by atoms with Crippen molar-refractivity contribution in [3.05, 3.63) is 175 Å². The number of benzene rings is 5. The molecule has 0 spiro atoms. The predicted octanol–water partition coefficient (Wildman–Crippen LogP) is 11.8. The number of hydrogen-bond acceptors (Lipinski definition) is 4. The average molecular weight is 845 g/mol. The summed E-state index contributed by atoms with van der Waals surface area (Å²) in [7, 11) is 0. The van der Waals surface area contributed by atoms with E-state index in [-0.39, 0.29) is 42.6 Å². The SMILES string of the molecule is [2H]C([2H])([2H])c1ccc(-c2[c-]cccc2)nc1.[2H]C([2H])([2H])c1ccc2c(n1)oc1c(-c3cc(-c4ccc5cc(-c6ccccc6)ccc5c4C([2H])([2H])[2H])ccn3)[c-]ccc12.[Ir]. The molecule has 0 saturated carbocycles. The summed E-state index contributed by atoms with van der Waals surface area (Å²) in [5.41, 5.74) is 7.21. The van der Waals surface area contributed by atoms with Crippen LogP contribution in [0.5, 0.6) is 0 Å². The fraction of sp³-hybridized carbons (Fsp3) is 0.0652. The zero-order valence-electron chi connectivity index (χ0n) is 35.9. The summed E-state index contributed by atoms with van der Waals surface area (Å²) >= 11 is 0. The maximum absolute atomic E-state index is 8.46. The summed E-state index contributed by atoms with van der Waals surface area (Å²) in [5.74, 6) is 0. The van der Waals surface area contributed by atoms with E-state index >= 15 is 0 Å². The fourth-order valence-corrected chi connectivity index (χ4v) is 6.03. The molecule has 0 bridgehead atoms. The van der Waals surface area contributed by atoms with Crippen LogP contribution in [0.2, 0.25) is 0 Å². The van der Waals surface area contributed by atoms with Crippen molar-refractivity contribution in [2.24, 2.45) is 0 Å². The summed E-state index contributed by atoms with van der Waals surface area (Å²) in [6, 6.07) is 47.0. The summed E-state index contributed by atoms with van der Waals surface area (Å²) < 4.78 is 76.3. The Morgan fingerprint density at radius 3 is 2.33 bits per heavy atom. The van der Waals surface area contributed by atoms with Crippen LogP contribution in [0.15, 0.2) is 150 Å². The number of pyridine rings is 3. The van der Waals surface area contributed by atoms with E-state index in [1.807, 2.05) is 91.0 Å². The van der Waals surface area contributed by atoms with Gasteiger partial charge in [-0.1, -0.05) is 83.7 Å². The molecule has 0 amide bonds.